The summed E-state index contributed by atoms with van der Waals surface area (Å²) >= 11 is 3.45. The molecule has 0 bridgehead atoms. The van der Waals surface area contributed by atoms with Crippen LogP contribution < -0.4 is 5.32 Å². The monoisotopic (exact) mass is 432 g/mol. The summed E-state index contributed by atoms with van der Waals surface area (Å²) in [5, 5.41) is 11.2. The molecule has 1 heterocycles. The van der Waals surface area contributed by atoms with E-state index in [1.165, 1.54) is 0 Å². The molecule has 0 aliphatic carbocycles. The summed E-state index contributed by atoms with van der Waals surface area (Å²) in [4.78, 5) is 12.4. The van der Waals surface area contributed by atoms with Crippen molar-refractivity contribution in [1.82, 2.24) is 20.3 Å². The smallest absolute Gasteiger partial charge is 0.251 e. The van der Waals surface area contributed by atoms with Crippen LogP contribution in [0.4, 0.5) is 0 Å². The minimum absolute atomic E-state index is 0.109. The Kier molecular flexibility index (Phi) is 5.30. The number of amides is 1. The largest absolute Gasteiger partial charge is 0.348 e. The molecule has 1 aromatic heterocycles. The van der Waals surface area contributed by atoms with Crippen molar-refractivity contribution in [3.63, 3.8) is 0 Å². The topological polar surface area (TPSA) is 59.8 Å². The van der Waals surface area contributed by atoms with Crippen molar-refractivity contribution >= 4 is 21.8 Å². The van der Waals surface area contributed by atoms with Gasteiger partial charge in [-0.05, 0) is 42.0 Å². The third-order valence-electron chi connectivity index (χ3n) is 4.36. The van der Waals surface area contributed by atoms with Crippen LogP contribution in [-0.4, -0.2) is 20.9 Å². The number of hydrogen-bond acceptors (Lipinski definition) is 3. The zero-order valence-electron chi connectivity index (χ0n) is 14.9. The first-order valence-electron chi connectivity index (χ1n) is 8.80. The third kappa shape index (κ3) is 4.02. The quantitative estimate of drug-likeness (QED) is 0.500. The SMILES string of the molecule is O=C(NCc1ccccc1)c1ccc(-n2nncc2-c2ccc(Br)cc2)cc1. The van der Waals surface area contributed by atoms with Gasteiger partial charge in [0.05, 0.1) is 17.6 Å². The number of rotatable bonds is 5. The summed E-state index contributed by atoms with van der Waals surface area (Å²) in [6, 6.07) is 25.1. The molecule has 0 saturated carbocycles. The van der Waals surface area contributed by atoms with Gasteiger partial charge in [0, 0.05) is 22.1 Å². The van der Waals surface area contributed by atoms with E-state index >= 15 is 0 Å². The van der Waals surface area contributed by atoms with Crippen LogP contribution in [0, 0.1) is 0 Å². The van der Waals surface area contributed by atoms with Crippen LogP contribution in [0.15, 0.2) is 89.5 Å². The first-order chi connectivity index (χ1) is 13.7. The predicted molar refractivity (Wildman–Crippen MR) is 112 cm³/mol. The van der Waals surface area contributed by atoms with Crippen LogP contribution in [0.25, 0.3) is 16.9 Å². The number of halogens is 1. The average Bonchev–Trinajstić information content (AvgIpc) is 3.23. The Hall–Kier alpha value is -3.25. The molecule has 0 aliphatic rings. The van der Waals surface area contributed by atoms with Crippen LogP contribution >= 0.6 is 15.9 Å². The predicted octanol–water partition coefficient (Wildman–Crippen LogP) is 4.63. The van der Waals surface area contributed by atoms with Crippen molar-refractivity contribution < 1.29 is 4.79 Å². The molecule has 0 fully saturated rings. The van der Waals surface area contributed by atoms with Crippen LogP contribution in [0.5, 0.6) is 0 Å². The Morgan fingerprint density at radius 2 is 1.64 bits per heavy atom. The van der Waals surface area contributed by atoms with Crippen molar-refractivity contribution in [1.29, 1.82) is 0 Å². The second kappa shape index (κ2) is 8.19. The van der Waals surface area contributed by atoms with Crippen molar-refractivity contribution in [2.24, 2.45) is 0 Å². The van der Waals surface area contributed by atoms with Crippen molar-refractivity contribution in [3.8, 4) is 16.9 Å². The van der Waals surface area contributed by atoms with Gasteiger partial charge in [0.1, 0.15) is 0 Å². The molecule has 5 nitrogen and oxygen atoms in total. The fraction of sp³-hybridized carbons (Fsp3) is 0.0455. The molecule has 3 aromatic carbocycles. The van der Waals surface area contributed by atoms with Gasteiger partial charge in [0.15, 0.2) is 0 Å². The standard InChI is InChI=1S/C22H17BrN4O/c23-19-10-6-17(7-11-19)21-15-25-26-27(21)20-12-8-18(9-13-20)22(28)24-14-16-4-2-1-3-5-16/h1-13,15H,14H2,(H,24,28). The summed E-state index contributed by atoms with van der Waals surface area (Å²) in [6.07, 6.45) is 1.73. The molecule has 0 unspecified atom stereocenters. The van der Waals surface area contributed by atoms with Crippen molar-refractivity contribution in [3.05, 3.63) is 101 Å². The van der Waals surface area contributed by atoms with E-state index in [0.29, 0.717) is 12.1 Å². The van der Waals surface area contributed by atoms with Gasteiger partial charge in [-0.1, -0.05) is 63.6 Å². The highest BCUT2D eigenvalue weighted by atomic mass is 79.9. The molecule has 0 aliphatic heterocycles. The normalized spacial score (nSPS) is 10.6. The molecule has 0 saturated heterocycles. The molecule has 28 heavy (non-hydrogen) atoms. The number of carbonyl (C=O) groups excluding carboxylic acids is 1. The van der Waals surface area contributed by atoms with Gasteiger partial charge in [0.2, 0.25) is 0 Å². The highest BCUT2D eigenvalue weighted by Gasteiger charge is 2.10. The number of aromatic nitrogens is 3. The van der Waals surface area contributed by atoms with Gasteiger partial charge in [-0.3, -0.25) is 4.79 Å². The molecule has 138 valence electrons. The molecule has 4 aromatic rings. The third-order valence-corrected chi connectivity index (χ3v) is 4.89. The average molecular weight is 433 g/mol. The summed E-state index contributed by atoms with van der Waals surface area (Å²) < 4.78 is 2.77. The molecular formula is C22H17BrN4O. The Bertz CT molecular complexity index is 1070. The minimum atomic E-state index is -0.109. The van der Waals surface area contributed by atoms with Gasteiger partial charge in [-0.2, -0.15) is 0 Å². The van der Waals surface area contributed by atoms with E-state index in [4.69, 9.17) is 0 Å². The Balaban J connectivity index is 1.50. The molecule has 0 radical (unpaired) electrons. The Labute approximate surface area is 171 Å². The summed E-state index contributed by atoms with van der Waals surface area (Å²) in [7, 11) is 0. The fourth-order valence-electron chi connectivity index (χ4n) is 2.88. The summed E-state index contributed by atoms with van der Waals surface area (Å²) in [6.45, 7) is 0.498. The van der Waals surface area contributed by atoms with E-state index in [2.05, 4.69) is 31.6 Å². The van der Waals surface area contributed by atoms with E-state index in [0.717, 1.165) is 27.0 Å². The molecule has 4 rings (SSSR count). The van der Waals surface area contributed by atoms with Gasteiger partial charge in [-0.25, -0.2) is 4.68 Å². The van der Waals surface area contributed by atoms with E-state index in [9.17, 15) is 4.79 Å². The summed E-state index contributed by atoms with van der Waals surface area (Å²) in [5.41, 5.74) is 4.40. The minimum Gasteiger partial charge on any atom is -0.348 e. The maximum atomic E-state index is 12.4. The van der Waals surface area contributed by atoms with Gasteiger partial charge >= 0.3 is 0 Å². The van der Waals surface area contributed by atoms with Crippen molar-refractivity contribution in [2.75, 3.05) is 0 Å². The molecule has 0 spiro atoms. The van der Waals surface area contributed by atoms with Crippen molar-refractivity contribution in [2.45, 2.75) is 6.54 Å². The molecule has 1 amide bonds. The fourth-order valence-corrected chi connectivity index (χ4v) is 3.14. The van der Waals surface area contributed by atoms with Gasteiger partial charge < -0.3 is 5.32 Å². The van der Waals surface area contributed by atoms with Crippen LogP contribution in [0.3, 0.4) is 0 Å². The zero-order valence-corrected chi connectivity index (χ0v) is 16.5. The lowest BCUT2D eigenvalue weighted by atomic mass is 10.1. The van der Waals surface area contributed by atoms with Crippen LogP contribution in [0.1, 0.15) is 15.9 Å². The molecule has 0 atom stereocenters. The van der Waals surface area contributed by atoms with Gasteiger partial charge in [-0.15, -0.1) is 5.10 Å². The number of benzene rings is 3. The lowest BCUT2D eigenvalue weighted by molar-refractivity contribution is 0.0951. The first-order valence-corrected chi connectivity index (χ1v) is 9.59. The Morgan fingerprint density at radius 1 is 0.929 bits per heavy atom. The van der Waals surface area contributed by atoms with Gasteiger partial charge in [0.25, 0.3) is 5.91 Å². The van der Waals surface area contributed by atoms with Crippen LogP contribution in [-0.2, 0) is 6.54 Å². The van der Waals surface area contributed by atoms with E-state index < -0.39 is 0 Å². The number of nitrogens with zero attached hydrogens (tertiary/aromatic N) is 3. The maximum absolute atomic E-state index is 12.4. The lowest BCUT2D eigenvalue weighted by Gasteiger charge is -2.08. The van der Waals surface area contributed by atoms with E-state index in [1.54, 1.807) is 23.0 Å². The summed E-state index contributed by atoms with van der Waals surface area (Å²) in [5.74, 6) is -0.109. The van der Waals surface area contributed by atoms with E-state index in [-0.39, 0.29) is 5.91 Å². The lowest BCUT2D eigenvalue weighted by Crippen LogP contribution is -2.22. The van der Waals surface area contributed by atoms with E-state index in [1.807, 2.05) is 66.7 Å². The second-order valence-corrected chi connectivity index (χ2v) is 7.17. The maximum Gasteiger partial charge on any atom is 0.251 e. The zero-order chi connectivity index (χ0) is 19.3. The number of hydrogen-bond donors (Lipinski definition) is 1. The highest BCUT2D eigenvalue weighted by molar-refractivity contribution is 9.10. The number of nitrogens with one attached hydrogen (secondary N) is 1. The number of carbonyl (C=O) groups is 1. The molecule has 1 N–H and O–H groups in total. The first kappa shape index (κ1) is 18.1. The molecule has 6 heteroatoms. The Morgan fingerprint density at radius 3 is 2.36 bits per heavy atom. The molecular weight excluding hydrogens is 416 g/mol. The van der Waals surface area contributed by atoms with Crippen LogP contribution in [0.2, 0.25) is 0 Å². The highest BCUT2D eigenvalue weighted by Crippen LogP contribution is 2.23. The second-order valence-electron chi connectivity index (χ2n) is 6.25.